The summed E-state index contributed by atoms with van der Waals surface area (Å²) in [7, 11) is -4.02. The SMILES string of the molecule is C[C@@H]1C[C@@H](C)CN(S(=O)(=O)c2cc(C(=O)Nc3ccc(Br)cc3)ccc2F)C1. The van der Waals surface area contributed by atoms with Gasteiger partial charge in [-0.3, -0.25) is 4.79 Å². The summed E-state index contributed by atoms with van der Waals surface area (Å²) in [5, 5.41) is 2.69. The van der Waals surface area contributed by atoms with E-state index in [1.165, 1.54) is 10.4 Å². The number of halogens is 2. The number of carbonyl (C=O) groups excluding carboxylic acids is 1. The maximum atomic E-state index is 14.4. The normalized spacial score (nSPS) is 20.7. The Bertz CT molecular complexity index is 969. The Morgan fingerprint density at radius 2 is 1.71 bits per heavy atom. The lowest BCUT2D eigenvalue weighted by atomic mass is 9.94. The van der Waals surface area contributed by atoms with E-state index in [0.29, 0.717) is 18.8 Å². The number of amides is 1. The number of benzene rings is 2. The highest BCUT2D eigenvalue weighted by atomic mass is 79.9. The predicted molar refractivity (Wildman–Crippen MR) is 110 cm³/mol. The summed E-state index contributed by atoms with van der Waals surface area (Å²) < 4.78 is 42.6. The van der Waals surface area contributed by atoms with Crippen molar-refractivity contribution in [3.63, 3.8) is 0 Å². The molecule has 1 fully saturated rings. The first-order valence-corrected chi connectivity index (χ1v) is 11.3. The van der Waals surface area contributed by atoms with Crippen molar-refractivity contribution in [2.75, 3.05) is 18.4 Å². The molecule has 0 bridgehead atoms. The molecule has 0 saturated carbocycles. The third-order valence-electron chi connectivity index (χ3n) is 4.75. The Balaban J connectivity index is 1.88. The number of carbonyl (C=O) groups is 1. The van der Waals surface area contributed by atoms with Crippen LogP contribution in [-0.2, 0) is 10.0 Å². The molecule has 5 nitrogen and oxygen atoms in total. The molecule has 1 N–H and O–H groups in total. The van der Waals surface area contributed by atoms with Crippen molar-refractivity contribution in [1.82, 2.24) is 4.31 Å². The maximum absolute atomic E-state index is 14.4. The second-order valence-corrected chi connectivity index (χ2v) is 10.2. The summed E-state index contributed by atoms with van der Waals surface area (Å²) in [6.07, 6.45) is 0.935. The van der Waals surface area contributed by atoms with Crippen LogP contribution < -0.4 is 5.32 Å². The molecule has 28 heavy (non-hydrogen) atoms. The lowest BCUT2D eigenvalue weighted by Gasteiger charge is -2.34. The highest BCUT2D eigenvalue weighted by Gasteiger charge is 2.33. The molecule has 0 radical (unpaired) electrons. The standard InChI is InChI=1S/C20H22BrFN2O3S/c1-13-9-14(2)12-24(11-13)28(26,27)19-10-15(3-8-18(19)22)20(25)23-17-6-4-16(21)5-7-17/h3-8,10,13-14H,9,11-12H2,1-2H3,(H,23,25)/t13-,14-/m1/s1. The lowest BCUT2D eigenvalue weighted by Crippen LogP contribution is -2.42. The van der Waals surface area contributed by atoms with Gasteiger partial charge in [0.15, 0.2) is 0 Å². The molecule has 0 spiro atoms. The van der Waals surface area contributed by atoms with Crippen LogP contribution >= 0.6 is 15.9 Å². The first kappa shape index (κ1) is 21.0. The minimum atomic E-state index is -4.02. The highest BCUT2D eigenvalue weighted by molar-refractivity contribution is 9.10. The van der Waals surface area contributed by atoms with Gasteiger partial charge in [0.05, 0.1) is 0 Å². The smallest absolute Gasteiger partial charge is 0.255 e. The Labute approximate surface area is 173 Å². The van der Waals surface area contributed by atoms with E-state index in [1.807, 2.05) is 13.8 Å². The quantitative estimate of drug-likeness (QED) is 0.717. The third kappa shape index (κ3) is 4.61. The van der Waals surface area contributed by atoms with Gasteiger partial charge < -0.3 is 5.32 Å². The van der Waals surface area contributed by atoms with E-state index < -0.39 is 26.6 Å². The van der Waals surface area contributed by atoms with Gasteiger partial charge in [-0.2, -0.15) is 4.31 Å². The number of nitrogens with zero attached hydrogens (tertiary/aromatic N) is 1. The zero-order chi connectivity index (χ0) is 20.5. The largest absolute Gasteiger partial charge is 0.322 e. The van der Waals surface area contributed by atoms with E-state index in [0.717, 1.165) is 23.0 Å². The molecular weight excluding hydrogens is 447 g/mol. The number of piperidine rings is 1. The third-order valence-corrected chi connectivity index (χ3v) is 7.12. The Morgan fingerprint density at radius 1 is 1.11 bits per heavy atom. The van der Waals surface area contributed by atoms with Crippen molar-refractivity contribution in [3.05, 3.63) is 58.3 Å². The monoisotopic (exact) mass is 468 g/mol. The number of nitrogens with one attached hydrogen (secondary N) is 1. The zero-order valence-corrected chi connectivity index (χ0v) is 18.1. The predicted octanol–water partition coefficient (Wildman–Crippen LogP) is 4.51. The van der Waals surface area contributed by atoms with Gasteiger partial charge in [0, 0.05) is 28.8 Å². The van der Waals surface area contributed by atoms with Crippen LogP contribution in [0.4, 0.5) is 10.1 Å². The van der Waals surface area contributed by atoms with Crippen LogP contribution in [0.25, 0.3) is 0 Å². The molecule has 2 aromatic rings. The van der Waals surface area contributed by atoms with Gasteiger partial charge in [0.1, 0.15) is 10.7 Å². The van der Waals surface area contributed by atoms with Gasteiger partial charge in [-0.15, -0.1) is 0 Å². The summed E-state index contributed by atoms with van der Waals surface area (Å²) in [5.74, 6) is -0.957. The van der Waals surface area contributed by atoms with Crippen molar-refractivity contribution >= 4 is 37.5 Å². The van der Waals surface area contributed by atoms with Gasteiger partial charge in [-0.25, -0.2) is 12.8 Å². The van der Waals surface area contributed by atoms with Gasteiger partial charge in [0.25, 0.3) is 5.91 Å². The van der Waals surface area contributed by atoms with Crippen LogP contribution in [0.15, 0.2) is 51.8 Å². The molecule has 1 saturated heterocycles. The van der Waals surface area contributed by atoms with Gasteiger partial charge in [-0.05, 0) is 60.7 Å². The number of rotatable bonds is 4. The molecule has 3 rings (SSSR count). The van der Waals surface area contributed by atoms with Gasteiger partial charge in [0.2, 0.25) is 10.0 Å². The molecule has 0 aliphatic carbocycles. The van der Waals surface area contributed by atoms with Crippen LogP contribution in [0.5, 0.6) is 0 Å². The Hall–Kier alpha value is -1.77. The van der Waals surface area contributed by atoms with Crippen molar-refractivity contribution in [2.45, 2.75) is 25.2 Å². The fourth-order valence-electron chi connectivity index (χ4n) is 3.52. The van der Waals surface area contributed by atoms with Gasteiger partial charge in [-0.1, -0.05) is 29.8 Å². The molecule has 1 heterocycles. The molecule has 150 valence electrons. The average molecular weight is 469 g/mol. The van der Waals surface area contributed by atoms with E-state index in [4.69, 9.17) is 0 Å². The summed E-state index contributed by atoms with van der Waals surface area (Å²) in [6.45, 7) is 4.66. The van der Waals surface area contributed by atoms with E-state index >= 15 is 0 Å². The van der Waals surface area contributed by atoms with E-state index in [1.54, 1.807) is 24.3 Å². The van der Waals surface area contributed by atoms with Crippen molar-refractivity contribution in [2.24, 2.45) is 11.8 Å². The summed E-state index contributed by atoms with van der Waals surface area (Å²) >= 11 is 3.32. The lowest BCUT2D eigenvalue weighted by molar-refractivity contribution is 0.102. The van der Waals surface area contributed by atoms with E-state index in [2.05, 4.69) is 21.2 Å². The maximum Gasteiger partial charge on any atom is 0.255 e. The van der Waals surface area contributed by atoms with Crippen LogP contribution in [0.2, 0.25) is 0 Å². The topological polar surface area (TPSA) is 66.5 Å². The number of hydrogen-bond donors (Lipinski definition) is 1. The molecule has 8 heteroatoms. The van der Waals surface area contributed by atoms with Crippen LogP contribution in [0.1, 0.15) is 30.6 Å². The average Bonchev–Trinajstić information content (AvgIpc) is 2.63. The van der Waals surface area contributed by atoms with Crippen molar-refractivity contribution in [3.8, 4) is 0 Å². The van der Waals surface area contributed by atoms with Crippen LogP contribution in [-0.4, -0.2) is 31.7 Å². The van der Waals surface area contributed by atoms with E-state index in [9.17, 15) is 17.6 Å². The molecular formula is C20H22BrFN2O3S. The Kier molecular flexibility index (Phi) is 6.21. The molecule has 0 unspecified atom stereocenters. The number of anilines is 1. The van der Waals surface area contributed by atoms with Crippen LogP contribution in [0.3, 0.4) is 0 Å². The first-order chi connectivity index (χ1) is 13.2. The molecule has 1 aliphatic heterocycles. The second kappa shape index (κ2) is 8.31. The molecule has 2 atom stereocenters. The second-order valence-electron chi connectivity index (χ2n) is 7.37. The minimum Gasteiger partial charge on any atom is -0.322 e. The highest BCUT2D eigenvalue weighted by Crippen LogP contribution is 2.28. The minimum absolute atomic E-state index is 0.0843. The van der Waals surface area contributed by atoms with Crippen LogP contribution in [0, 0.1) is 17.7 Å². The van der Waals surface area contributed by atoms with Gasteiger partial charge >= 0.3 is 0 Å². The van der Waals surface area contributed by atoms with Crippen molar-refractivity contribution in [1.29, 1.82) is 0 Å². The fraction of sp³-hybridized carbons (Fsp3) is 0.350. The fourth-order valence-corrected chi connectivity index (χ4v) is 5.55. The number of sulfonamides is 1. The molecule has 1 aliphatic rings. The summed E-state index contributed by atoms with van der Waals surface area (Å²) in [6, 6.07) is 10.4. The molecule has 2 aromatic carbocycles. The summed E-state index contributed by atoms with van der Waals surface area (Å²) in [5.41, 5.74) is 0.640. The molecule has 1 amide bonds. The van der Waals surface area contributed by atoms with Crippen molar-refractivity contribution < 1.29 is 17.6 Å². The first-order valence-electron chi connectivity index (χ1n) is 9.03. The number of hydrogen-bond acceptors (Lipinski definition) is 3. The Morgan fingerprint density at radius 3 is 2.32 bits per heavy atom. The summed E-state index contributed by atoms with van der Waals surface area (Å²) in [4.78, 5) is 12.1. The van der Waals surface area contributed by atoms with E-state index in [-0.39, 0.29) is 17.4 Å². The zero-order valence-electron chi connectivity index (χ0n) is 15.7. The molecule has 0 aromatic heterocycles.